The van der Waals surface area contributed by atoms with Gasteiger partial charge in [0.1, 0.15) is 0 Å². The van der Waals surface area contributed by atoms with Gasteiger partial charge in [0.2, 0.25) is 0 Å². The summed E-state index contributed by atoms with van der Waals surface area (Å²) in [7, 11) is 0. The molecule has 4 nitrogen and oxygen atoms in total. The van der Waals surface area contributed by atoms with Crippen LogP contribution in [0.15, 0.2) is 17.8 Å². The number of imidazole rings is 1. The first kappa shape index (κ1) is 13.8. The number of nitrogens with zero attached hydrogens (tertiary/aromatic N) is 2. The Balaban J connectivity index is 1.68. The SMILES string of the molecule is Clc1ccsc1Cn1cnc2c1CCNC21CCOCC1. The van der Waals surface area contributed by atoms with Gasteiger partial charge in [-0.05, 0) is 24.3 Å². The second-order valence-electron chi connectivity index (χ2n) is 5.73. The zero-order valence-corrected chi connectivity index (χ0v) is 13.3. The van der Waals surface area contributed by atoms with E-state index >= 15 is 0 Å². The van der Waals surface area contributed by atoms with Gasteiger partial charge in [-0.2, -0.15) is 0 Å². The van der Waals surface area contributed by atoms with Crippen molar-refractivity contribution in [3.05, 3.63) is 39.1 Å². The number of hydrogen-bond donors (Lipinski definition) is 1. The maximum Gasteiger partial charge on any atom is 0.0955 e. The first-order chi connectivity index (χ1) is 10.3. The molecule has 0 atom stereocenters. The van der Waals surface area contributed by atoms with Crippen LogP contribution in [0, 0.1) is 0 Å². The molecule has 6 heteroatoms. The Bertz CT molecular complexity index is 645. The highest BCUT2D eigenvalue weighted by Gasteiger charge is 2.40. The molecule has 0 amide bonds. The van der Waals surface area contributed by atoms with Crippen molar-refractivity contribution in [2.45, 2.75) is 31.3 Å². The fourth-order valence-corrected chi connectivity index (χ4v) is 4.53. The average Bonchev–Trinajstić information content (AvgIpc) is 3.09. The van der Waals surface area contributed by atoms with Crippen molar-refractivity contribution < 1.29 is 4.74 Å². The minimum Gasteiger partial charge on any atom is -0.381 e. The Morgan fingerprint density at radius 2 is 2.29 bits per heavy atom. The molecule has 0 aliphatic carbocycles. The topological polar surface area (TPSA) is 39.1 Å². The minimum atomic E-state index is 0.0241. The van der Waals surface area contributed by atoms with Crippen LogP contribution in [0.1, 0.15) is 29.1 Å². The van der Waals surface area contributed by atoms with Crippen LogP contribution >= 0.6 is 22.9 Å². The summed E-state index contributed by atoms with van der Waals surface area (Å²) in [6, 6.07) is 1.96. The molecule has 0 bridgehead atoms. The molecule has 1 N–H and O–H groups in total. The van der Waals surface area contributed by atoms with Gasteiger partial charge in [-0.25, -0.2) is 4.98 Å². The van der Waals surface area contributed by atoms with Crippen LogP contribution in [0.4, 0.5) is 0 Å². The third kappa shape index (κ3) is 2.32. The van der Waals surface area contributed by atoms with E-state index in [1.165, 1.54) is 16.3 Å². The van der Waals surface area contributed by atoms with Crippen LogP contribution in [0.3, 0.4) is 0 Å². The lowest BCUT2D eigenvalue weighted by Gasteiger charge is -2.40. The zero-order chi connectivity index (χ0) is 14.3. The zero-order valence-electron chi connectivity index (χ0n) is 11.8. The van der Waals surface area contributed by atoms with Gasteiger partial charge in [0.15, 0.2) is 0 Å². The van der Waals surface area contributed by atoms with Gasteiger partial charge in [0, 0.05) is 36.8 Å². The summed E-state index contributed by atoms with van der Waals surface area (Å²) in [6.07, 6.45) is 5.03. The quantitative estimate of drug-likeness (QED) is 0.923. The normalized spacial score (nSPS) is 20.6. The molecule has 0 saturated carbocycles. The Labute approximate surface area is 133 Å². The molecule has 21 heavy (non-hydrogen) atoms. The summed E-state index contributed by atoms with van der Waals surface area (Å²) in [4.78, 5) is 5.96. The number of ether oxygens (including phenoxy) is 1. The highest BCUT2D eigenvalue weighted by atomic mass is 35.5. The van der Waals surface area contributed by atoms with Crippen molar-refractivity contribution in [1.29, 1.82) is 0 Å². The van der Waals surface area contributed by atoms with Gasteiger partial charge in [-0.3, -0.25) is 0 Å². The number of thiophene rings is 1. The number of aromatic nitrogens is 2. The molecule has 0 aromatic carbocycles. The van der Waals surface area contributed by atoms with Crippen LogP contribution < -0.4 is 5.32 Å². The number of hydrogen-bond acceptors (Lipinski definition) is 4. The lowest BCUT2D eigenvalue weighted by Crippen LogP contribution is -2.51. The molecule has 1 saturated heterocycles. The monoisotopic (exact) mass is 323 g/mol. The molecule has 4 rings (SSSR count). The summed E-state index contributed by atoms with van der Waals surface area (Å²) in [5.41, 5.74) is 2.61. The summed E-state index contributed by atoms with van der Waals surface area (Å²) < 4.78 is 7.80. The Hall–Kier alpha value is -0.880. The van der Waals surface area contributed by atoms with Crippen molar-refractivity contribution in [1.82, 2.24) is 14.9 Å². The molecule has 2 aromatic heterocycles. The summed E-state index contributed by atoms with van der Waals surface area (Å²) >= 11 is 7.94. The van der Waals surface area contributed by atoms with E-state index in [4.69, 9.17) is 21.3 Å². The Morgan fingerprint density at radius 1 is 1.43 bits per heavy atom. The van der Waals surface area contributed by atoms with Crippen LogP contribution in [0.2, 0.25) is 5.02 Å². The molecular weight excluding hydrogens is 306 g/mol. The van der Waals surface area contributed by atoms with Gasteiger partial charge >= 0.3 is 0 Å². The molecule has 0 radical (unpaired) electrons. The third-order valence-corrected chi connectivity index (χ3v) is 5.95. The van der Waals surface area contributed by atoms with Gasteiger partial charge in [-0.15, -0.1) is 11.3 Å². The number of fused-ring (bicyclic) bond motifs is 2. The van der Waals surface area contributed by atoms with Crippen molar-refractivity contribution in [3.63, 3.8) is 0 Å². The standard InChI is InChI=1S/C15H18ClN3OS/c16-11-2-8-21-13(11)9-19-10-17-14-12(19)1-5-18-15(14)3-6-20-7-4-15/h2,8,10,18H,1,3-7,9H2. The van der Waals surface area contributed by atoms with E-state index in [0.717, 1.165) is 50.6 Å². The van der Waals surface area contributed by atoms with E-state index in [1.807, 2.05) is 17.8 Å². The first-order valence-corrected chi connectivity index (χ1v) is 8.63. The summed E-state index contributed by atoms with van der Waals surface area (Å²) in [6.45, 7) is 3.47. The Morgan fingerprint density at radius 3 is 3.05 bits per heavy atom. The van der Waals surface area contributed by atoms with Crippen molar-refractivity contribution >= 4 is 22.9 Å². The Kier molecular flexibility index (Phi) is 3.53. The second-order valence-corrected chi connectivity index (χ2v) is 7.14. The van der Waals surface area contributed by atoms with Crippen molar-refractivity contribution in [2.75, 3.05) is 19.8 Å². The average molecular weight is 324 g/mol. The molecule has 1 fully saturated rings. The largest absolute Gasteiger partial charge is 0.381 e. The summed E-state index contributed by atoms with van der Waals surface area (Å²) in [5, 5.41) is 6.60. The predicted molar refractivity (Wildman–Crippen MR) is 84.1 cm³/mol. The molecule has 2 aliphatic heterocycles. The molecule has 0 unspecified atom stereocenters. The fourth-order valence-electron chi connectivity index (χ4n) is 3.44. The lowest BCUT2D eigenvalue weighted by molar-refractivity contribution is 0.0322. The molecule has 1 spiro atoms. The van der Waals surface area contributed by atoms with E-state index in [2.05, 4.69) is 9.88 Å². The van der Waals surface area contributed by atoms with Crippen molar-refractivity contribution in [2.24, 2.45) is 0 Å². The number of nitrogens with one attached hydrogen (secondary N) is 1. The van der Waals surface area contributed by atoms with Crippen LogP contribution in [-0.4, -0.2) is 29.3 Å². The molecule has 2 aromatic rings. The maximum absolute atomic E-state index is 6.23. The second kappa shape index (κ2) is 5.39. The van der Waals surface area contributed by atoms with Gasteiger partial charge in [-0.1, -0.05) is 11.6 Å². The van der Waals surface area contributed by atoms with E-state index in [9.17, 15) is 0 Å². The molecular formula is C15H18ClN3OS. The number of rotatable bonds is 2. The smallest absolute Gasteiger partial charge is 0.0955 e. The minimum absolute atomic E-state index is 0.0241. The van der Waals surface area contributed by atoms with Crippen LogP contribution in [0.5, 0.6) is 0 Å². The third-order valence-electron chi connectivity index (χ3n) is 4.58. The van der Waals surface area contributed by atoms with E-state index < -0.39 is 0 Å². The van der Waals surface area contributed by atoms with E-state index in [-0.39, 0.29) is 5.54 Å². The molecule has 2 aliphatic rings. The van der Waals surface area contributed by atoms with Crippen LogP contribution in [-0.2, 0) is 23.2 Å². The van der Waals surface area contributed by atoms with Crippen molar-refractivity contribution in [3.8, 4) is 0 Å². The molecule has 4 heterocycles. The predicted octanol–water partition coefficient (Wildman–Crippen LogP) is 2.80. The van der Waals surface area contributed by atoms with E-state index in [1.54, 1.807) is 11.3 Å². The lowest BCUT2D eigenvalue weighted by atomic mass is 9.82. The highest BCUT2D eigenvalue weighted by molar-refractivity contribution is 7.10. The maximum atomic E-state index is 6.23. The van der Waals surface area contributed by atoms with Gasteiger partial charge < -0.3 is 14.6 Å². The first-order valence-electron chi connectivity index (χ1n) is 7.38. The van der Waals surface area contributed by atoms with E-state index in [0.29, 0.717) is 0 Å². The van der Waals surface area contributed by atoms with Gasteiger partial charge in [0.05, 0.1) is 29.1 Å². The molecule has 112 valence electrons. The fraction of sp³-hybridized carbons (Fsp3) is 0.533. The summed E-state index contributed by atoms with van der Waals surface area (Å²) in [5.74, 6) is 0. The van der Waals surface area contributed by atoms with Gasteiger partial charge in [0.25, 0.3) is 0 Å². The highest BCUT2D eigenvalue weighted by Crippen LogP contribution is 2.36. The van der Waals surface area contributed by atoms with Crippen LogP contribution in [0.25, 0.3) is 0 Å². The number of halogens is 1.